The quantitative estimate of drug-likeness (QED) is 0.0385. The van der Waals surface area contributed by atoms with Gasteiger partial charge < -0.3 is 42.6 Å². The van der Waals surface area contributed by atoms with E-state index in [1.807, 2.05) is 6.07 Å². The number of ketones is 4. The van der Waals surface area contributed by atoms with Crippen molar-refractivity contribution in [3.63, 3.8) is 0 Å². The van der Waals surface area contributed by atoms with E-state index in [9.17, 15) is 85.9 Å². The highest BCUT2D eigenvalue weighted by atomic mass is 35.5. The van der Waals surface area contributed by atoms with Gasteiger partial charge in [0.25, 0.3) is 0 Å². The number of methoxy groups -OCH3 is 1. The lowest BCUT2D eigenvalue weighted by Gasteiger charge is -2.36. The summed E-state index contributed by atoms with van der Waals surface area (Å²) >= 11 is 17.8. The molecule has 4 aliphatic heterocycles. The van der Waals surface area contributed by atoms with Crippen molar-refractivity contribution in [1.29, 1.82) is 10.5 Å². The molecular formula is C111H115Cl3F14N14O5. The van der Waals surface area contributed by atoms with Crippen LogP contribution in [-0.4, -0.2) is 140 Å². The Kier molecular flexibility index (Phi) is 34.4. The van der Waals surface area contributed by atoms with Gasteiger partial charge in [0.1, 0.15) is 52.1 Å². The molecule has 147 heavy (non-hydrogen) atoms. The Morgan fingerprint density at radius 1 is 0.367 bits per heavy atom. The summed E-state index contributed by atoms with van der Waals surface area (Å²) in [5.74, 6) is -2.45. The molecule has 0 atom stereocenters. The number of fused-ring (bicyclic) bond motifs is 4. The SMILES string of the molecule is C=C(C(C)C)N1CCC(c2cn(C)c3ncc(CC(=O)c4ccc(Cl)c(C#N)c4)c(C(F)(F)F)c23)CC1.C=C(C(C)C)N1CCC(c2cn(C)c3ncc(CC(=O)c4ccc(F)c(C#N)c4)c(C(F)(F)F)c23)CC1.C=C(C(C)C)N1CCC(c2cn(C)c3ncc(CC(=O)c4ccc(F)c(Cl)c4)c(C(F)(F)F)c23)CC1.C=C(C(C)C)N1CCC(c2cn(C)c3ncc(CC(=O)c4ccc(OC)c(Cl)c4)c(C(F)(F)F)c23)CC1. The summed E-state index contributed by atoms with van der Waals surface area (Å²) in [6, 6.07) is 18.7. The van der Waals surface area contributed by atoms with Crippen molar-refractivity contribution in [3.8, 4) is 17.9 Å². The molecule has 19 nitrogen and oxygen atoms in total. The van der Waals surface area contributed by atoms with Gasteiger partial charge in [-0.05, 0) is 216 Å². The van der Waals surface area contributed by atoms with Crippen molar-refractivity contribution in [3.05, 3.63) is 298 Å². The van der Waals surface area contributed by atoms with Crippen LogP contribution in [-0.2, 0) is 78.6 Å². The van der Waals surface area contributed by atoms with Gasteiger partial charge in [0.15, 0.2) is 23.1 Å². The average molecular weight is 2100 g/mol. The molecule has 4 fully saturated rings. The first-order valence-corrected chi connectivity index (χ1v) is 49.5. The highest BCUT2D eigenvalue weighted by molar-refractivity contribution is 6.33. The normalized spacial score (nSPS) is 15.0. The fourth-order valence-electron chi connectivity index (χ4n) is 20.3. The van der Waals surface area contributed by atoms with E-state index in [0.29, 0.717) is 103 Å². The summed E-state index contributed by atoms with van der Waals surface area (Å²) in [5, 5.41) is 18.6. The largest absolute Gasteiger partial charge is 0.495 e. The fourth-order valence-corrected chi connectivity index (χ4v) is 20.9. The van der Waals surface area contributed by atoms with Crippen molar-refractivity contribution in [2.24, 2.45) is 51.9 Å². The molecule has 0 aliphatic carbocycles. The Balaban J connectivity index is 0.000000164. The lowest BCUT2D eigenvalue weighted by molar-refractivity contribution is -0.137. The Morgan fingerprint density at radius 2 is 0.605 bits per heavy atom. The molecule has 8 aromatic heterocycles. The number of halogens is 17. The van der Waals surface area contributed by atoms with E-state index >= 15 is 0 Å². The number of aryl methyl sites for hydroxylation is 4. The number of piperidine rings is 4. The molecule has 12 heterocycles. The van der Waals surface area contributed by atoms with E-state index < -0.39 is 107 Å². The molecule has 778 valence electrons. The number of alkyl halides is 12. The molecule has 4 saturated heterocycles. The second-order valence-corrected chi connectivity index (χ2v) is 40.5. The number of nitriles is 2. The zero-order chi connectivity index (χ0) is 108. The third-order valence-electron chi connectivity index (χ3n) is 28.5. The second kappa shape index (κ2) is 45.5. The maximum atomic E-state index is 14.6. The summed E-state index contributed by atoms with van der Waals surface area (Å²) in [5.41, 5.74) is 3.53. The first-order valence-electron chi connectivity index (χ1n) is 48.4. The summed E-state index contributed by atoms with van der Waals surface area (Å²) in [6.07, 6.45) is -3.73. The van der Waals surface area contributed by atoms with Gasteiger partial charge in [-0.15, -0.1) is 0 Å². The van der Waals surface area contributed by atoms with Crippen molar-refractivity contribution in [1.82, 2.24) is 57.8 Å². The number of ether oxygens (including phenoxy) is 1. The van der Waals surface area contributed by atoms with Crippen LogP contribution in [0.5, 0.6) is 5.75 Å². The number of hydrogen-bond donors (Lipinski definition) is 0. The standard InChI is InChI=1S/C28H28ClF3N4O.C28H31ClF3N3O2.C28H28F4N4O.C27H28ClF4N3O/c1-16(2)17(3)36-9-7-18(8-10-36)22-15-35(4)27-25(22)26(28(30,31)32)21(14-34-27)12-24(37)19-5-6-23(29)20(11-19)13-33;1-16(2)17(3)35-10-8-18(9-11-35)21-15-34(4)27-25(21)26(28(30,31)32)20(14-33-27)13-23(36)19-6-7-24(37-5)22(29)12-19;1-16(2)17(3)36-9-7-18(8-10-36)22-15-35(4)27-25(22)26(28(30,31)32)21(14-34-27)12-24(37)19-5-6-23(29)20(11-19)13-33;1-15(2)16(3)35-9-7-17(8-10-35)20-14-34(4)26-24(20)25(27(30,31)32)19(13-33-26)12-23(36)18-5-6-22(29)21(28)11-18/h5-6,11,14-16,18H,3,7-10,12H2,1-2,4H3;6-7,12,14-16,18H,3,8-11,13H2,1-2,4-5H3;5-6,11,14-16,18H,3,7-10,12H2,1-2,4H3;5-6,11,13-15,17H,3,7-10,12H2,1-2,4H3. The minimum absolute atomic E-state index is 0.0262. The summed E-state index contributed by atoms with van der Waals surface area (Å²) in [6.45, 7) is 39.0. The van der Waals surface area contributed by atoms with Gasteiger partial charge in [-0.1, -0.05) is 117 Å². The number of carbonyl (C=O) groups excluding carboxylic acids is 4. The Bertz CT molecular complexity index is 6930. The zero-order valence-corrected chi connectivity index (χ0v) is 86.1. The monoisotopic (exact) mass is 2090 g/mol. The summed E-state index contributed by atoms with van der Waals surface area (Å²) in [7, 11) is 8.19. The molecule has 12 aromatic rings. The van der Waals surface area contributed by atoms with Gasteiger partial charge in [0.05, 0.1) is 55.6 Å². The van der Waals surface area contributed by atoms with Crippen LogP contribution in [0.1, 0.15) is 250 Å². The smallest absolute Gasteiger partial charge is 0.417 e. The minimum atomic E-state index is -4.72. The molecular weight excluding hydrogens is 1980 g/mol. The molecule has 0 N–H and O–H groups in total. The van der Waals surface area contributed by atoms with Gasteiger partial charge in [0.2, 0.25) is 0 Å². The molecule has 0 radical (unpaired) electrons. The third kappa shape index (κ3) is 24.6. The van der Waals surface area contributed by atoms with Gasteiger partial charge in [-0.25, -0.2) is 28.7 Å². The Hall–Kier alpha value is -12.9. The summed E-state index contributed by atoms with van der Waals surface area (Å²) in [4.78, 5) is 77.9. The van der Waals surface area contributed by atoms with E-state index in [2.05, 4.69) is 121 Å². The molecule has 0 bridgehead atoms. The number of likely N-dealkylation sites (tertiary alicyclic amines) is 4. The van der Waals surface area contributed by atoms with Crippen molar-refractivity contribution in [2.45, 2.75) is 181 Å². The molecule has 0 saturated carbocycles. The number of rotatable bonds is 25. The van der Waals surface area contributed by atoms with Crippen molar-refractivity contribution >= 4 is 102 Å². The van der Waals surface area contributed by atoms with Crippen LogP contribution in [0.3, 0.4) is 0 Å². The van der Waals surface area contributed by atoms with Crippen LogP contribution in [0, 0.1) is 58.0 Å². The van der Waals surface area contributed by atoms with E-state index in [0.717, 1.165) is 118 Å². The van der Waals surface area contributed by atoms with E-state index in [1.54, 1.807) is 77.3 Å². The number of hydrogen-bond acceptors (Lipinski definition) is 15. The van der Waals surface area contributed by atoms with E-state index in [4.69, 9.17) is 44.8 Å². The van der Waals surface area contributed by atoms with Crippen LogP contribution >= 0.6 is 34.8 Å². The van der Waals surface area contributed by atoms with Crippen LogP contribution in [0.25, 0.3) is 44.1 Å². The molecule has 0 amide bonds. The van der Waals surface area contributed by atoms with Gasteiger partial charge >= 0.3 is 24.7 Å². The summed E-state index contributed by atoms with van der Waals surface area (Å²) < 4.78 is 214. The predicted molar refractivity (Wildman–Crippen MR) is 542 cm³/mol. The van der Waals surface area contributed by atoms with E-state index in [-0.39, 0.29) is 139 Å². The molecule has 16 rings (SSSR count). The number of carbonyl (C=O) groups is 4. The van der Waals surface area contributed by atoms with Crippen molar-refractivity contribution in [2.75, 3.05) is 59.5 Å². The highest BCUT2D eigenvalue weighted by Gasteiger charge is 2.45. The molecule has 0 spiro atoms. The third-order valence-corrected chi connectivity index (χ3v) is 29.4. The van der Waals surface area contributed by atoms with Crippen LogP contribution in [0.4, 0.5) is 61.5 Å². The second-order valence-electron chi connectivity index (χ2n) is 39.3. The highest BCUT2D eigenvalue weighted by Crippen LogP contribution is 2.50. The van der Waals surface area contributed by atoms with Gasteiger partial charge in [0, 0.05) is 222 Å². The maximum Gasteiger partial charge on any atom is 0.417 e. The first-order chi connectivity index (χ1) is 69.1. The Morgan fingerprint density at radius 3 is 0.844 bits per heavy atom. The van der Waals surface area contributed by atoms with Crippen LogP contribution < -0.4 is 4.74 Å². The maximum absolute atomic E-state index is 14.6. The van der Waals surface area contributed by atoms with Gasteiger partial charge in [-0.2, -0.15) is 63.2 Å². The fraction of sp³-hybridized carbons (Fsp3) is 0.405. The van der Waals surface area contributed by atoms with E-state index in [1.165, 1.54) is 61.8 Å². The van der Waals surface area contributed by atoms with Crippen LogP contribution in [0.15, 0.2) is 171 Å². The van der Waals surface area contributed by atoms with Crippen LogP contribution in [0.2, 0.25) is 15.1 Å². The number of Topliss-reactive ketones (excluding diaryl/α,β-unsaturated/α-hetero) is 4. The number of benzene rings is 4. The lowest BCUT2D eigenvalue weighted by Crippen LogP contribution is -2.33. The Labute approximate surface area is 859 Å². The number of nitrogens with zero attached hydrogens (tertiary/aromatic N) is 14. The predicted octanol–water partition coefficient (Wildman–Crippen LogP) is 27.5. The number of pyridine rings is 4. The topological polar surface area (TPSA) is 209 Å². The minimum Gasteiger partial charge on any atom is -0.495 e. The number of allylic oxidation sites excluding steroid dienone is 4. The lowest BCUT2D eigenvalue weighted by atomic mass is 9.86. The molecule has 4 aliphatic rings. The zero-order valence-electron chi connectivity index (χ0n) is 83.9. The van der Waals surface area contributed by atoms with Gasteiger partial charge in [-0.3, -0.25) is 19.2 Å². The average Bonchev–Trinajstić information content (AvgIpc) is 1.61. The number of aromatic nitrogens is 8. The molecule has 4 aromatic carbocycles. The first kappa shape index (κ1) is 111. The molecule has 0 unspecified atom stereocenters. The van der Waals surface area contributed by atoms with Crippen molar-refractivity contribution < 1.29 is 85.4 Å². The molecule has 36 heteroatoms.